The van der Waals surface area contributed by atoms with Crippen molar-refractivity contribution in [2.45, 2.75) is 58.0 Å². The Morgan fingerprint density at radius 1 is 0.973 bits per heavy atom. The van der Waals surface area contributed by atoms with Crippen LogP contribution in [0, 0.1) is 5.92 Å². The molecular weight excluding hydrogens is 472 g/mol. The summed E-state index contributed by atoms with van der Waals surface area (Å²) in [5, 5.41) is 5.77. The number of amides is 2. The van der Waals surface area contributed by atoms with E-state index in [0.717, 1.165) is 24.2 Å². The number of guanidine groups is 1. The van der Waals surface area contributed by atoms with Crippen molar-refractivity contribution in [1.82, 2.24) is 10.6 Å². The molecule has 0 fully saturated rings. The van der Waals surface area contributed by atoms with Gasteiger partial charge < -0.3 is 25.3 Å². The topological polar surface area (TPSA) is 124 Å². The molecule has 0 heterocycles. The van der Waals surface area contributed by atoms with Gasteiger partial charge >= 0.3 is 0 Å². The normalized spacial score (nSPS) is 15.6. The monoisotopic (exact) mass is 510 g/mol. The van der Waals surface area contributed by atoms with Crippen molar-refractivity contribution in [1.29, 1.82) is 0 Å². The largest absolute Gasteiger partial charge is 0.497 e. The molecular formula is C28H38N4O5. The number of nitrogens with one attached hydrogen (secondary N) is 2. The smallest absolute Gasteiger partial charge is 0.231 e. The third kappa shape index (κ3) is 8.13. The molecule has 2 atom stereocenters. The summed E-state index contributed by atoms with van der Waals surface area (Å²) in [5.41, 5.74) is 9.23. The second kappa shape index (κ2) is 13.0. The highest BCUT2D eigenvalue weighted by Gasteiger charge is 2.25. The quantitative estimate of drug-likeness (QED) is 0.315. The summed E-state index contributed by atoms with van der Waals surface area (Å²) >= 11 is 0. The molecule has 0 saturated carbocycles. The van der Waals surface area contributed by atoms with Crippen LogP contribution in [0.1, 0.15) is 43.4 Å². The van der Waals surface area contributed by atoms with E-state index in [1.165, 1.54) is 11.1 Å². The Balaban J connectivity index is 1.56. The number of nitrogens with two attached hydrogens (primary N) is 1. The second-order valence-corrected chi connectivity index (χ2v) is 9.72. The van der Waals surface area contributed by atoms with E-state index in [4.69, 9.17) is 19.9 Å². The molecule has 0 radical (unpaired) electrons. The van der Waals surface area contributed by atoms with Gasteiger partial charge in [0.25, 0.3) is 0 Å². The lowest BCUT2D eigenvalue weighted by Crippen LogP contribution is -2.40. The maximum absolute atomic E-state index is 12.9. The van der Waals surface area contributed by atoms with Crippen LogP contribution in [0.4, 0.5) is 0 Å². The first-order chi connectivity index (χ1) is 17.7. The van der Waals surface area contributed by atoms with Gasteiger partial charge in [-0.25, -0.2) is 4.99 Å². The minimum atomic E-state index is -0.342. The van der Waals surface area contributed by atoms with Gasteiger partial charge in [0, 0.05) is 12.5 Å². The number of rotatable bonds is 11. The van der Waals surface area contributed by atoms with Gasteiger partial charge in [-0.3, -0.25) is 14.9 Å². The Bertz CT molecular complexity index is 1130. The van der Waals surface area contributed by atoms with Crippen LogP contribution in [-0.2, 0) is 28.9 Å². The average Bonchev–Trinajstić information content (AvgIpc) is 3.24. The van der Waals surface area contributed by atoms with Gasteiger partial charge in [-0.05, 0) is 66.1 Å². The van der Waals surface area contributed by atoms with Crippen molar-refractivity contribution in [3.05, 3.63) is 53.1 Å². The third-order valence-electron chi connectivity index (χ3n) is 6.28. The number of nitrogens with zero attached hydrogens (tertiary/aromatic N) is 1. The van der Waals surface area contributed by atoms with E-state index >= 15 is 0 Å². The Morgan fingerprint density at radius 3 is 2.38 bits per heavy atom. The number of hydrogen-bond acceptors (Lipinski definition) is 6. The first-order valence-corrected chi connectivity index (χ1v) is 12.5. The van der Waals surface area contributed by atoms with Gasteiger partial charge in [0.15, 0.2) is 17.5 Å². The molecule has 0 saturated heterocycles. The predicted octanol–water partition coefficient (Wildman–Crippen LogP) is 2.77. The zero-order valence-electron chi connectivity index (χ0n) is 22.3. The number of fused-ring (bicyclic) bond motifs is 1. The lowest BCUT2D eigenvalue weighted by molar-refractivity contribution is -0.122. The fourth-order valence-corrected chi connectivity index (χ4v) is 4.64. The van der Waals surface area contributed by atoms with Crippen LogP contribution in [-0.4, -0.2) is 51.2 Å². The van der Waals surface area contributed by atoms with Crippen molar-refractivity contribution < 1.29 is 23.8 Å². The fourth-order valence-electron chi connectivity index (χ4n) is 4.64. The van der Waals surface area contributed by atoms with Gasteiger partial charge in [-0.15, -0.1) is 0 Å². The molecule has 2 amide bonds. The average molecular weight is 511 g/mol. The zero-order valence-corrected chi connectivity index (χ0v) is 22.3. The lowest BCUT2D eigenvalue weighted by Gasteiger charge is -2.18. The summed E-state index contributed by atoms with van der Waals surface area (Å²) in [6.45, 7) is 4.13. The SMILES string of the molecule is COc1ccc2c(c1)CC(NC(=O)C[C@@H](CC(C)C)N=C(N)NC(=O)Cc1ccc(OC)c(OC)c1)C2. The number of hydrogen-bond donors (Lipinski definition) is 3. The van der Waals surface area contributed by atoms with Crippen molar-refractivity contribution in [2.75, 3.05) is 21.3 Å². The van der Waals surface area contributed by atoms with Crippen molar-refractivity contribution in [3.63, 3.8) is 0 Å². The Labute approximate surface area is 218 Å². The maximum atomic E-state index is 12.9. The Kier molecular flexibility index (Phi) is 9.77. The molecule has 2 aromatic carbocycles. The summed E-state index contributed by atoms with van der Waals surface area (Å²) < 4.78 is 15.8. The molecule has 3 rings (SSSR count). The molecule has 9 heteroatoms. The molecule has 1 aliphatic carbocycles. The summed E-state index contributed by atoms with van der Waals surface area (Å²) in [5.74, 6) is 1.87. The van der Waals surface area contributed by atoms with Crippen LogP contribution >= 0.6 is 0 Å². The molecule has 1 unspecified atom stereocenters. The molecule has 2 aromatic rings. The van der Waals surface area contributed by atoms with Crippen molar-refractivity contribution in [2.24, 2.45) is 16.6 Å². The summed E-state index contributed by atoms with van der Waals surface area (Å²) in [4.78, 5) is 29.9. The van der Waals surface area contributed by atoms with Crippen LogP contribution in [0.15, 0.2) is 41.4 Å². The molecule has 37 heavy (non-hydrogen) atoms. The van der Waals surface area contributed by atoms with Crippen molar-refractivity contribution in [3.8, 4) is 17.2 Å². The van der Waals surface area contributed by atoms with E-state index in [1.54, 1.807) is 39.5 Å². The minimum Gasteiger partial charge on any atom is -0.497 e. The molecule has 200 valence electrons. The first-order valence-electron chi connectivity index (χ1n) is 12.5. The number of carbonyl (C=O) groups is 2. The molecule has 4 N–H and O–H groups in total. The lowest BCUT2D eigenvalue weighted by atomic mass is 10.0. The number of ether oxygens (including phenoxy) is 3. The molecule has 0 bridgehead atoms. The highest BCUT2D eigenvalue weighted by atomic mass is 16.5. The molecule has 1 aliphatic rings. The molecule has 0 aliphatic heterocycles. The van der Waals surface area contributed by atoms with Crippen LogP contribution in [0.3, 0.4) is 0 Å². The van der Waals surface area contributed by atoms with Crippen LogP contribution in [0.5, 0.6) is 17.2 Å². The number of aliphatic imine (C=N–C) groups is 1. The number of benzene rings is 2. The maximum Gasteiger partial charge on any atom is 0.231 e. The first kappa shape index (κ1) is 27.8. The molecule has 0 spiro atoms. The van der Waals surface area contributed by atoms with Gasteiger partial charge in [0.1, 0.15) is 5.75 Å². The molecule has 0 aromatic heterocycles. The Hall–Kier alpha value is -3.75. The van der Waals surface area contributed by atoms with E-state index in [0.29, 0.717) is 23.8 Å². The van der Waals surface area contributed by atoms with Crippen LogP contribution < -0.4 is 30.6 Å². The minimum absolute atomic E-state index is 0.00398. The van der Waals surface area contributed by atoms with E-state index in [1.807, 2.05) is 12.1 Å². The predicted molar refractivity (Wildman–Crippen MR) is 143 cm³/mol. The number of methoxy groups -OCH3 is 3. The number of carbonyl (C=O) groups excluding carboxylic acids is 2. The van der Waals surface area contributed by atoms with Gasteiger partial charge in [0.05, 0.1) is 33.8 Å². The third-order valence-corrected chi connectivity index (χ3v) is 6.28. The standard InChI is InChI=1S/C28H38N4O5/c1-17(2)10-21(16-27(34)30-22-13-19-7-8-23(35-3)15-20(19)14-22)31-28(29)32-26(33)12-18-6-9-24(36-4)25(11-18)37-5/h6-9,11,15,17,21-22H,10,12-14,16H2,1-5H3,(H,30,34)(H3,29,31,32,33)/t21-,22?/m1/s1. The fraction of sp³-hybridized carbons (Fsp3) is 0.464. The summed E-state index contributed by atoms with van der Waals surface area (Å²) in [6.07, 6.45) is 2.52. The second-order valence-electron chi connectivity index (χ2n) is 9.72. The van der Waals surface area contributed by atoms with Crippen LogP contribution in [0.2, 0.25) is 0 Å². The van der Waals surface area contributed by atoms with Gasteiger partial charge in [0.2, 0.25) is 11.8 Å². The van der Waals surface area contributed by atoms with E-state index in [2.05, 4.69) is 35.5 Å². The Morgan fingerprint density at radius 2 is 1.70 bits per heavy atom. The van der Waals surface area contributed by atoms with Gasteiger partial charge in [-0.2, -0.15) is 0 Å². The van der Waals surface area contributed by atoms with E-state index in [-0.39, 0.29) is 42.7 Å². The van der Waals surface area contributed by atoms with Gasteiger partial charge in [-0.1, -0.05) is 26.0 Å². The zero-order chi connectivity index (χ0) is 26.9. The highest BCUT2D eigenvalue weighted by molar-refractivity contribution is 5.97. The highest BCUT2D eigenvalue weighted by Crippen LogP contribution is 2.28. The van der Waals surface area contributed by atoms with Crippen LogP contribution in [0.25, 0.3) is 0 Å². The molecule has 9 nitrogen and oxygen atoms in total. The van der Waals surface area contributed by atoms with E-state index < -0.39 is 0 Å². The summed E-state index contributed by atoms with van der Waals surface area (Å²) in [7, 11) is 4.75. The van der Waals surface area contributed by atoms with E-state index in [9.17, 15) is 9.59 Å². The van der Waals surface area contributed by atoms with Crippen molar-refractivity contribution >= 4 is 17.8 Å². The summed E-state index contributed by atoms with van der Waals surface area (Å²) in [6, 6.07) is 11.0.